The summed E-state index contributed by atoms with van der Waals surface area (Å²) in [5.41, 5.74) is -0.713. The second-order valence-electron chi connectivity index (χ2n) is 4.07. The van der Waals surface area contributed by atoms with Gasteiger partial charge in [0.15, 0.2) is 0 Å². The highest BCUT2D eigenvalue weighted by Crippen LogP contribution is 2.51. The highest BCUT2D eigenvalue weighted by atomic mass is 19.1. The van der Waals surface area contributed by atoms with Crippen molar-refractivity contribution in [1.29, 1.82) is 0 Å². The molecule has 1 aliphatic rings. The Balaban J connectivity index is 1.99. The number of rotatable bonds is 3. The SMILES string of the molecule is C=C1O[C@@]1(Cn1cncn1)c1ccc(F)cc1F. The molecule has 6 heteroatoms. The molecule has 0 amide bonds. The van der Waals surface area contributed by atoms with Crippen LogP contribution in [0.1, 0.15) is 5.56 Å². The molecule has 1 atom stereocenters. The van der Waals surface area contributed by atoms with Crippen LogP contribution >= 0.6 is 0 Å². The lowest BCUT2D eigenvalue weighted by molar-refractivity contribution is 0.265. The molecule has 2 aromatic rings. The Kier molecular flexibility index (Phi) is 2.19. The number of nitrogens with zero attached hydrogens (tertiary/aromatic N) is 3. The molecule has 3 rings (SSSR count). The third-order valence-corrected chi connectivity index (χ3v) is 2.92. The van der Waals surface area contributed by atoms with Crippen molar-refractivity contribution >= 4 is 0 Å². The van der Waals surface area contributed by atoms with Crippen molar-refractivity contribution in [1.82, 2.24) is 14.8 Å². The number of aromatic nitrogens is 3. The summed E-state index contributed by atoms with van der Waals surface area (Å²) in [6.07, 6.45) is 2.87. The third kappa shape index (κ3) is 1.57. The van der Waals surface area contributed by atoms with Crippen LogP contribution in [0.5, 0.6) is 0 Å². The number of epoxide rings is 1. The summed E-state index contributed by atoms with van der Waals surface area (Å²) < 4.78 is 33.5. The van der Waals surface area contributed by atoms with Crippen molar-refractivity contribution in [2.75, 3.05) is 0 Å². The molecular formula is C12H9F2N3O. The molecule has 1 saturated heterocycles. The second-order valence-corrected chi connectivity index (χ2v) is 4.07. The largest absolute Gasteiger partial charge is 0.473 e. The number of hydrogen-bond acceptors (Lipinski definition) is 3. The predicted octanol–water partition coefficient (Wildman–Crippen LogP) is 2.00. The monoisotopic (exact) mass is 249 g/mol. The molecule has 2 heterocycles. The van der Waals surface area contributed by atoms with Crippen molar-refractivity contribution in [2.24, 2.45) is 0 Å². The van der Waals surface area contributed by atoms with Gasteiger partial charge in [0.1, 0.15) is 30.0 Å². The zero-order chi connectivity index (χ0) is 12.8. The number of ether oxygens (including phenoxy) is 1. The molecule has 92 valence electrons. The molecule has 0 aliphatic carbocycles. The zero-order valence-electron chi connectivity index (χ0n) is 9.31. The van der Waals surface area contributed by atoms with Crippen LogP contribution in [-0.2, 0) is 16.9 Å². The minimum Gasteiger partial charge on any atom is -0.473 e. The molecule has 1 aliphatic heterocycles. The standard InChI is InChI=1S/C12H9F2N3O/c1-8-12(18-8,5-17-7-15-6-16-17)10-3-2-9(13)4-11(10)14/h2-4,6-7H,1,5H2/t12-/m1/s1. The van der Waals surface area contributed by atoms with Crippen molar-refractivity contribution in [3.05, 3.63) is 60.4 Å². The lowest BCUT2D eigenvalue weighted by Crippen LogP contribution is -2.19. The van der Waals surface area contributed by atoms with Gasteiger partial charge in [-0.3, -0.25) is 0 Å². The Hall–Kier alpha value is -2.24. The molecule has 18 heavy (non-hydrogen) atoms. The molecular weight excluding hydrogens is 240 g/mol. The first-order chi connectivity index (χ1) is 8.62. The van der Waals surface area contributed by atoms with E-state index in [1.54, 1.807) is 0 Å². The van der Waals surface area contributed by atoms with E-state index in [4.69, 9.17) is 4.74 Å². The van der Waals surface area contributed by atoms with E-state index in [1.807, 2.05) is 0 Å². The van der Waals surface area contributed by atoms with E-state index in [1.165, 1.54) is 29.5 Å². The lowest BCUT2D eigenvalue weighted by atomic mass is 9.97. The topological polar surface area (TPSA) is 43.2 Å². The van der Waals surface area contributed by atoms with Crippen molar-refractivity contribution in [2.45, 2.75) is 12.1 Å². The smallest absolute Gasteiger partial charge is 0.212 e. The Morgan fingerprint density at radius 2 is 2.17 bits per heavy atom. The summed E-state index contributed by atoms with van der Waals surface area (Å²) in [6.45, 7) is 3.95. The van der Waals surface area contributed by atoms with Gasteiger partial charge in [-0.2, -0.15) is 5.10 Å². The van der Waals surface area contributed by atoms with E-state index in [0.717, 1.165) is 6.07 Å². The molecule has 1 aromatic heterocycles. The van der Waals surface area contributed by atoms with E-state index < -0.39 is 17.2 Å². The normalized spacial score (nSPS) is 21.8. The van der Waals surface area contributed by atoms with Crippen LogP contribution in [-0.4, -0.2) is 14.8 Å². The van der Waals surface area contributed by atoms with Crippen molar-refractivity contribution in [3.8, 4) is 0 Å². The van der Waals surface area contributed by atoms with Gasteiger partial charge in [-0.1, -0.05) is 6.58 Å². The fourth-order valence-corrected chi connectivity index (χ4v) is 1.96. The number of benzene rings is 1. The van der Waals surface area contributed by atoms with E-state index in [9.17, 15) is 8.78 Å². The first-order valence-electron chi connectivity index (χ1n) is 5.28. The first-order valence-corrected chi connectivity index (χ1v) is 5.28. The molecule has 0 unspecified atom stereocenters. The van der Waals surface area contributed by atoms with Gasteiger partial charge >= 0.3 is 0 Å². The van der Waals surface area contributed by atoms with Crippen molar-refractivity contribution < 1.29 is 13.5 Å². The molecule has 4 nitrogen and oxygen atoms in total. The minimum atomic E-state index is -0.967. The molecule has 1 fully saturated rings. The van der Waals surface area contributed by atoms with E-state index in [0.29, 0.717) is 5.76 Å². The van der Waals surface area contributed by atoms with E-state index in [-0.39, 0.29) is 12.1 Å². The third-order valence-electron chi connectivity index (χ3n) is 2.92. The van der Waals surface area contributed by atoms with Gasteiger partial charge in [-0.15, -0.1) is 0 Å². The van der Waals surface area contributed by atoms with Crippen molar-refractivity contribution in [3.63, 3.8) is 0 Å². The summed E-state index contributed by atoms with van der Waals surface area (Å²) in [5.74, 6) is -0.851. The van der Waals surface area contributed by atoms with Crippen LogP contribution in [0.2, 0.25) is 0 Å². The van der Waals surface area contributed by atoms with Gasteiger partial charge in [0.25, 0.3) is 0 Å². The highest BCUT2D eigenvalue weighted by Gasteiger charge is 2.55. The van der Waals surface area contributed by atoms with Gasteiger partial charge in [0.05, 0.1) is 6.54 Å². The van der Waals surface area contributed by atoms with E-state index in [2.05, 4.69) is 16.7 Å². The van der Waals surface area contributed by atoms with Crippen LogP contribution in [0.15, 0.2) is 43.2 Å². The summed E-state index contributed by atoms with van der Waals surface area (Å²) in [6, 6.07) is 3.38. The lowest BCUT2D eigenvalue weighted by Gasteiger charge is -2.11. The summed E-state index contributed by atoms with van der Waals surface area (Å²) in [7, 11) is 0. The van der Waals surface area contributed by atoms with Gasteiger partial charge in [-0.25, -0.2) is 18.4 Å². The summed E-state index contributed by atoms with van der Waals surface area (Å²) >= 11 is 0. The summed E-state index contributed by atoms with van der Waals surface area (Å²) in [5, 5.41) is 3.94. The maximum Gasteiger partial charge on any atom is 0.212 e. The second kappa shape index (κ2) is 3.63. The van der Waals surface area contributed by atoms with E-state index >= 15 is 0 Å². The maximum atomic E-state index is 13.8. The fourth-order valence-electron chi connectivity index (χ4n) is 1.96. The van der Waals surface area contributed by atoms with Gasteiger partial charge in [-0.05, 0) is 12.1 Å². The van der Waals surface area contributed by atoms with Gasteiger partial charge in [0, 0.05) is 11.6 Å². The summed E-state index contributed by atoms with van der Waals surface area (Å²) in [4.78, 5) is 3.80. The average Bonchev–Trinajstić information content (AvgIpc) is 2.75. The zero-order valence-corrected chi connectivity index (χ0v) is 9.31. The maximum absolute atomic E-state index is 13.8. The Morgan fingerprint density at radius 1 is 1.39 bits per heavy atom. The highest BCUT2D eigenvalue weighted by molar-refractivity contribution is 5.39. The predicted molar refractivity (Wildman–Crippen MR) is 58.3 cm³/mol. The molecule has 0 bridgehead atoms. The number of halogens is 2. The molecule has 0 spiro atoms. The van der Waals surface area contributed by atoms with Crippen LogP contribution in [0.25, 0.3) is 0 Å². The van der Waals surface area contributed by atoms with Gasteiger partial charge < -0.3 is 4.74 Å². The van der Waals surface area contributed by atoms with Crippen LogP contribution in [0, 0.1) is 11.6 Å². The minimum absolute atomic E-state index is 0.254. The Labute approximate surface area is 102 Å². The fraction of sp³-hybridized carbons (Fsp3) is 0.167. The molecule has 0 saturated carbocycles. The molecule has 1 aromatic carbocycles. The first kappa shape index (κ1) is 10.9. The Morgan fingerprint density at radius 3 is 2.72 bits per heavy atom. The van der Waals surface area contributed by atoms with Gasteiger partial charge in [0.2, 0.25) is 5.60 Å². The molecule has 0 radical (unpaired) electrons. The average molecular weight is 249 g/mol. The van der Waals surface area contributed by atoms with Crippen LogP contribution < -0.4 is 0 Å². The molecule has 0 N–H and O–H groups in total. The quantitative estimate of drug-likeness (QED) is 0.781. The van der Waals surface area contributed by atoms with Crippen LogP contribution in [0.4, 0.5) is 8.78 Å². The number of hydrogen-bond donors (Lipinski definition) is 0. The van der Waals surface area contributed by atoms with Crippen LogP contribution in [0.3, 0.4) is 0 Å². The Bertz CT molecular complexity index is 612.